The fourth-order valence-electron chi connectivity index (χ4n) is 2.08. The molecule has 0 saturated heterocycles. The van der Waals surface area contributed by atoms with Gasteiger partial charge in [0.15, 0.2) is 15.6 Å². The predicted molar refractivity (Wildman–Crippen MR) is 87.4 cm³/mol. The van der Waals surface area contributed by atoms with Crippen LogP contribution in [0.2, 0.25) is 0 Å². The zero-order valence-corrected chi connectivity index (χ0v) is 15.9. The number of benzene rings is 1. The SMILES string of the molecule is CC(=O)Oc1c(C(C)(C)C)ccc(S(=O)(=O)OC(N)=O)c1S(C)(=O)=O. The van der Waals surface area contributed by atoms with E-state index in [9.17, 15) is 26.4 Å². The second kappa shape index (κ2) is 6.64. The number of ether oxygens (including phenoxy) is 1. The standard InChI is InChI=1S/C14H19NO8S2/c1-8(16)22-11-9(14(2,3)4)6-7-10(12(11)24(5,18)19)25(20,21)23-13(15)17/h6-7H,1-5H3,(H2,15,17). The third kappa shape index (κ3) is 4.92. The van der Waals surface area contributed by atoms with Crippen molar-refractivity contribution in [3.63, 3.8) is 0 Å². The zero-order valence-electron chi connectivity index (χ0n) is 14.3. The summed E-state index contributed by atoms with van der Waals surface area (Å²) in [6, 6.07) is 2.24. The molecule has 0 heterocycles. The maximum absolute atomic E-state index is 12.2. The highest BCUT2D eigenvalue weighted by Gasteiger charge is 2.35. The van der Waals surface area contributed by atoms with E-state index >= 15 is 0 Å². The van der Waals surface area contributed by atoms with E-state index in [-0.39, 0.29) is 5.56 Å². The van der Waals surface area contributed by atoms with Gasteiger partial charge < -0.3 is 14.7 Å². The van der Waals surface area contributed by atoms with Crippen LogP contribution in [0.15, 0.2) is 21.9 Å². The molecule has 0 unspecified atom stereocenters. The van der Waals surface area contributed by atoms with E-state index in [1.54, 1.807) is 20.8 Å². The smallest absolute Gasteiger partial charge is 0.420 e. The molecule has 0 fully saturated rings. The van der Waals surface area contributed by atoms with Crippen molar-refractivity contribution >= 4 is 32.0 Å². The highest BCUT2D eigenvalue weighted by atomic mass is 32.2. The van der Waals surface area contributed by atoms with E-state index in [1.807, 2.05) is 0 Å². The molecule has 25 heavy (non-hydrogen) atoms. The predicted octanol–water partition coefficient (Wildman–Crippen LogP) is 1.10. The molecule has 0 radical (unpaired) electrons. The minimum atomic E-state index is -4.84. The van der Waals surface area contributed by atoms with Crippen molar-refractivity contribution in [3.8, 4) is 5.75 Å². The van der Waals surface area contributed by atoms with Gasteiger partial charge in [-0.15, -0.1) is 0 Å². The lowest BCUT2D eigenvalue weighted by Crippen LogP contribution is -2.23. The van der Waals surface area contributed by atoms with Crippen LogP contribution in [0, 0.1) is 0 Å². The lowest BCUT2D eigenvalue weighted by atomic mass is 9.86. The molecule has 0 aromatic heterocycles. The number of amides is 1. The van der Waals surface area contributed by atoms with Gasteiger partial charge in [-0.05, 0) is 11.5 Å². The molecule has 0 aliphatic heterocycles. The number of esters is 1. The quantitative estimate of drug-likeness (QED) is 0.454. The van der Waals surface area contributed by atoms with E-state index < -0.39 is 53.0 Å². The molecule has 0 bridgehead atoms. The molecule has 0 saturated carbocycles. The number of carbonyl (C=O) groups excluding carboxylic acids is 2. The summed E-state index contributed by atoms with van der Waals surface area (Å²) in [5.41, 5.74) is 4.31. The van der Waals surface area contributed by atoms with Crippen LogP contribution in [0.4, 0.5) is 4.79 Å². The molecule has 0 atom stereocenters. The molecular formula is C14H19NO8S2. The summed E-state index contributed by atoms with van der Waals surface area (Å²) >= 11 is 0. The first-order chi connectivity index (χ1) is 11.1. The van der Waals surface area contributed by atoms with E-state index in [0.29, 0.717) is 0 Å². The number of hydrogen-bond acceptors (Lipinski definition) is 8. The number of hydrogen-bond donors (Lipinski definition) is 1. The Morgan fingerprint density at radius 3 is 1.96 bits per heavy atom. The lowest BCUT2D eigenvalue weighted by Gasteiger charge is -2.24. The Bertz CT molecular complexity index is 924. The average Bonchev–Trinajstić information content (AvgIpc) is 2.32. The lowest BCUT2D eigenvalue weighted by molar-refractivity contribution is -0.132. The van der Waals surface area contributed by atoms with Crippen LogP contribution in [-0.2, 0) is 34.3 Å². The van der Waals surface area contributed by atoms with Gasteiger partial charge in [-0.1, -0.05) is 26.8 Å². The topological polar surface area (TPSA) is 147 Å². The van der Waals surface area contributed by atoms with Crippen LogP contribution in [0.25, 0.3) is 0 Å². The number of rotatable bonds is 4. The van der Waals surface area contributed by atoms with Gasteiger partial charge in [0, 0.05) is 18.7 Å². The van der Waals surface area contributed by atoms with Crippen LogP contribution >= 0.6 is 0 Å². The first kappa shape index (κ1) is 20.9. The van der Waals surface area contributed by atoms with Crippen molar-refractivity contribution in [2.24, 2.45) is 5.73 Å². The summed E-state index contributed by atoms with van der Waals surface area (Å²) in [5, 5.41) is 0. The number of sulfone groups is 1. The molecule has 1 rings (SSSR count). The number of primary amides is 1. The Balaban J connectivity index is 4.02. The van der Waals surface area contributed by atoms with E-state index in [4.69, 9.17) is 10.5 Å². The summed E-state index contributed by atoms with van der Waals surface area (Å²) in [4.78, 5) is 20.6. The van der Waals surface area contributed by atoms with Crippen molar-refractivity contribution in [2.75, 3.05) is 6.26 Å². The fourth-order valence-corrected chi connectivity index (χ4v) is 4.62. The third-order valence-corrected chi connectivity index (χ3v) is 5.50. The van der Waals surface area contributed by atoms with Crippen molar-refractivity contribution in [1.29, 1.82) is 0 Å². The van der Waals surface area contributed by atoms with Gasteiger partial charge in [0.25, 0.3) is 0 Å². The summed E-state index contributed by atoms with van der Waals surface area (Å²) in [6.07, 6.45) is -0.890. The van der Waals surface area contributed by atoms with E-state index in [2.05, 4.69) is 4.18 Å². The Kier molecular flexibility index (Phi) is 5.55. The second-order valence-electron chi connectivity index (χ2n) is 6.24. The molecular weight excluding hydrogens is 374 g/mol. The number of nitrogens with two attached hydrogens (primary N) is 1. The van der Waals surface area contributed by atoms with Crippen molar-refractivity contribution in [3.05, 3.63) is 17.7 Å². The average molecular weight is 393 g/mol. The van der Waals surface area contributed by atoms with E-state index in [0.717, 1.165) is 19.2 Å². The summed E-state index contributed by atoms with van der Waals surface area (Å²) < 4.78 is 57.9. The molecule has 1 amide bonds. The van der Waals surface area contributed by atoms with Gasteiger partial charge in [-0.25, -0.2) is 13.2 Å². The molecule has 2 N–H and O–H groups in total. The van der Waals surface area contributed by atoms with Gasteiger partial charge in [0.1, 0.15) is 9.79 Å². The van der Waals surface area contributed by atoms with E-state index in [1.165, 1.54) is 6.07 Å². The van der Waals surface area contributed by atoms with Gasteiger partial charge in [-0.2, -0.15) is 8.42 Å². The van der Waals surface area contributed by atoms with Crippen LogP contribution in [-0.4, -0.2) is 35.2 Å². The van der Waals surface area contributed by atoms with Crippen LogP contribution in [0.5, 0.6) is 5.75 Å². The summed E-state index contributed by atoms with van der Waals surface area (Å²) in [5.74, 6) is -1.28. The van der Waals surface area contributed by atoms with Gasteiger partial charge in [-0.3, -0.25) is 4.79 Å². The molecule has 1 aromatic carbocycles. The highest BCUT2D eigenvalue weighted by Crippen LogP contribution is 2.40. The van der Waals surface area contributed by atoms with Crippen LogP contribution in [0.3, 0.4) is 0 Å². The van der Waals surface area contributed by atoms with Gasteiger partial charge in [0.05, 0.1) is 0 Å². The molecule has 1 aromatic rings. The molecule has 9 nitrogen and oxygen atoms in total. The number of carbonyl (C=O) groups is 2. The Labute approximate surface area is 146 Å². The molecule has 0 aliphatic carbocycles. The van der Waals surface area contributed by atoms with Gasteiger partial charge in [0.2, 0.25) is 0 Å². The maximum atomic E-state index is 12.2. The first-order valence-corrected chi connectivity index (χ1v) is 10.2. The van der Waals surface area contributed by atoms with Crippen molar-refractivity contribution < 1.29 is 35.3 Å². The summed E-state index contributed by atoms with van der Waals surface area (Å²) in [6.45, 7) is 6.19. The molecule has 140 valence electrons. The van der Waals surface area contributed by atoms with Crippen LogP contribution < -0.4 is 10.5 Å². The fraction of sp³-hybridized carbons (Fsp3) is 0.429. The monoisotopic (exact) mass is 393 g/mol. The van der Waals surface area contributed by atoms with Crippen LogP contribution in [0.1, 0.15) is 33.3 Å². The Morgan fingerprint density at radius 2 is 1.60 bits per heavy atom. The molecule has 0 aliphatic rings. The zero-order chi connectivity index (χ0) is 19.8. The Hall–Kier alpha value is -2.14. The maximum Gasteiger partial charge on any atom is 0.420 e. The Morgan fingerprint density at radius 1 is 1.08 bits per heavy atom. The molecule has 11 heteroatoms. The third-order valence-electron chi connectivity index (χ3n) is 2.96. The normalized spacial score (nSPS) is 12.5. The largest absolute Gasteiger partial charge is 0.425 e. The second-order valence-corrected chi connectivity index (χ2v) is 9.71. The highest BCUT2D eigenvalue weighted by molar-refractivity contribution is 7.92. The first-order valence-electron chi connectivity index (χ1n) is 6.87. The minimum Gasteiger partial charge on any atom is -0.425 e. The molecule has 0 spiro atoms. The summed E-state index contributed by atoms with van der Waals surface area (Å²) in [7, 11) is -9.04. The van der Waals surface area contributed by atoms with Gasteiger partial charge >= 0.3 is 22.2 Å². The van der Waals surface area contributed by atoms with Crippen molar-refractivity contribution in [2.45, 2.75) is 42.9 Å². The minimum absolute atomic E-state index is 0.279. The van der Waals surface area contributed by atoms with Crippen molar-refractivity contribution in [1.82, 2.24) is 0 Å².